The molecular formula is C3H2Cl2N3NaO3. The van der Waals surface area contributed by atoms with Gasteiger partial charge in [0.25, 0.3) is 0 Å². The van der Waals surface area contributed by atoms with Crippen LogP contribution in [0.15, 0.2) is 6.33 Å². The van der Waals surface area contributed by atoms with Crippen molar-refractivity contribution in [1.82, 2.24) is 0 Å². The van der Waals surface area contributed by atoms with E-state index in [4.69, 9.17) is 23.2 Å². The summed E-state index contributed by atoms with van der Waals surface area (Å²) in [7, 11) is 0. The van der Waals surface area contributed by atoms with Crippen molar-refractivity contribution in [2.75, 3.05) is 0 Å². The van der Waals surface area contributed by atoms with E-state index in [0.717, 1.165) is 0 Å². The molecule has 0 unspecified atom stereocenters. The maximum atomic E-state index is 10.6. The molecule has 0 bridgehead atoms. The van der Waals surface area contributed by atoms with Crippen molar-refractivity contribution in [2.24, 2.45) is 0 Å². The first-order valence-electron chi connectivity index (χ1n) is 2.34. The summed E-state index contributed by atoms with van der Waals surface area (Å²) in [6.07, 6.45) is 0.499. The van der Waals surface area contributed by atoms with Crippen LogP contribution in [0.2, 0.25) is 10.6 Å². The van der Waals surface area contributed by atoms with Crippen LogP contribution in [0.4, 0.5) is 0 Å². The average Bonchev–Trinajstić information content (AvgIpc) is 1.97. The summed E-state index contributed by atoms with van der Waals surface area (Å²) < 4.78 is -0.357. The third-order valence-corrected chi connectivity index (χ3v) is 1.55. The monoisotopic (exact) mass is 221 g/mol. The summed E-state index contributed by atoms with van der Waals surface area (Å²) in [6.45, 7) is 0. The zero-order chi connectivity index (χ0) is 8.59. The van der Waals surface area contributed by atoms with Crippen molar-refractivity contribution in [3.05, 3.63) is 32.5 Å². The molecular weight excluding hydrogens is 220 g/mol. The van der Waals surface area contributed by atoms with Gasteiger partial charge in [-0.15, -0.1) is 0 Å². The predicted octanol–water partition coefficient (Wildman–Crippen LogP) is -3.99. The molecule has 9 heteroatoms. The summed E-state index contributed by atoms with van der Waals surface area (Å²) >= 11 is 10.2. The Labute approximate surface area is 100 Å². The van der Waals surface area contributed by atoms with Crippen LogP contribution in [-0.4, -0.2) is 0 Å². The van der Waals surface area contributed by atoms with Gasteiger partial charge in [-0.1, -0.05) is 0 Å². The molecule has 1 aromatic heterocycles. The zero-order valence-electron chi connectivity index (χ0n) is 6.90. The topological polar surface area (TPSA) is 80.8 Å². The second kappa shape index (κ2) is 4.29. The summed E-state index contributed by atoms with van der Waals surface area (Å²) in [4.78, 5) is 0. The fourth-order valence-electron chi connectivity index (χ4n) is 0.446. The van der Waals surface area contributed by atoms with Crippen LogP contribution in [0.5, 0.6) is 0 Å². The predicted molar refractivity (Wildman–Crippen MR) is 34.5 cm³/mol. The fourth-order valence-corrected chi connectivity index (χ4v) is 0.736. The van der Waals surface area contributed by atoms with E-state index >= 15 is 0 Å². The van der Waals surface area contributed by atoms with Crippen LogP contribution in [0.25, 0.3) is 0 Å². The molecule has 1 heterocycles. The number of hydrogen-bond acceptors (Lipinski definition) is 3. The van der Waals surface area contributed by atoms with Crippen LogP contribution >= 0.6 is 23.2 Å². The second-order valence-corrected chi connectivity index (χ2v) is 2.28. The molecule has 1 rings (SSSR count). The molecule has 0 spiro atoms. The number of hydrogen-bond donors (Lipinski definition) is 0. The van der Waals surface area contributed by atoms with Gasteiger partial charge in [0.2, 0.25) is 0 Å². The first-order valence-corrected chi connectivity index (χ1v) is 3.09. The Balaban J connectivity index is 0. The van der Waals surface area contributed by atoms with E-state index in [-0.39, 0.29) is 45.2 Å². The Kier molecular flexibility index (Phi) is 4.29. The molecule has 0 amide bonds. The smallest absolute Gasteiger partial charge is 1.00 e. The number of halogens is 2. The van der Waals surface area contributed by atoms with Gasteiger partial charge in [-0.25, -0.2) is 0 Å². The second-order valence-electron chi connectivity index (χ2n) is 1.60. The van der Waals surface area contributed by atoms with Gasteiger partial charge >= 0.3 is 46.5 Å². The van der Waals surface area contributed by atoms with Crippen molar-refractivity contribution in [2.45, 2.75) is 0 Å². The molecule has 0 saturated heterocycles. The summed E-state index contributed by atoms with van der Waals surface area (Å²) in [5, 5.41) is 30.2. The van der Waals surface area contributed by atoms with E-state index in [2.05, 4.69) is 0 Å². The number of aromatic nitrogens is 3. The molecule has 0 aliphatic rings. The Morgan fingerprint density at radius 2 is 1.42 bits per heavy atom. The molecule has 0 aliphatic heterocycles. The van der Waals surface area contributed by atoms with E-state index in [1.54, 1.807) is 0 Å². The Hall–Kier alpha value is -0.0100. The van der Waals surface area contributed by atoms with Crippen molar-refractivity contribution in [3.8, 4) is 0 Å². The minimum Gasteiger partial charge on any atom is -1.00 e. The van der Waals surface area contributed by atoms with E-state index in [1.165, 1.54) is 0 Å². The number of nitrogens with zero attached hydrogens (tertiary/aromatic N) is 3. The van der Waals surface area contributed by atoms with Crippen LogP contribution < -0.4 is 43.7 Å². The van der Waals surface area contributed by atoms with Crippen LogP contribution in [0.3, 0.4) is 0 Å². The van der Waals surface area contributed by atoms with Crippen molar-refractivity contribution in [1.29, 1.82) is 0 Å². The molecule has 0 atom stereocenters. The maximum absolute atomic E-state index is 10.6. The first kappa shape index (κ1) is 12.0. The molecule has 0 fully saturated rings. The fraction of sp³-hybridized carbons (Fsp3) is 0. The minimum atomic E-state index is -0.720. The molecule has 0 aromatic carbocycles. The first-order chi connectivity index (χ1) is 5.04. The average molecular weight is 222 g/mol. The van der Waals surface area contributed by atoms with Crippen molar-refractivity contribution < 1.29 is 45.2 Å². The summed E-state index contributed by atoms with van der Waals surface area (Å²) in [5.74, 6) is 0. The van der Waals surface area contributed by atoms with E-state index < -0.39 is 10.6 Å². The molecule has 0 saturated carbocycles. The number of rotatable bonds is 0. The third-order valence-electron chi connectivity index (χ3n) is 0.909. The summed E-state index contributed by atoms with van der Waals surface area (Å²) in [6, 6.07) is 0. The van der Waals surface area contributed by atoms with E-state index in [0.29, 0.717) is 6.33 Å². The van der Waals surface area contributed by atoms with Gasteiger partial charge in [-0.2, -0.15) is 0 Å². The van der Waals surface area contributed by atoms with Gasteiger partial charge < -0.3 is 17.0 Å². The quantitative estimate of drug-likeness (QED) is 0.255. The van der Waals surface area contributed by atoms with E-state index in [1.807, 2.05) is 0 Å². The summed E-state index contributed by atoms with van der Waals surface area (Å²) in [5.41, 5.74) is 0. The largest absolute Gasteiger partial charge is 1.00 e. The molecule has 0 aliphatic carbocycles. The minimum absolute atomic E-state index is 0. The van der Waals surface area contributed by atoms with Gasteiger partial charge in [-0.05, 0) is 14.2 Å². The third kappa shape index (κ3) is 2.02. The van der Waals surface area contributed by atoms with Crippen molar-refractivity contribution >= 4 is 23.2 Å². The Bertz CT molecular complexity index is 288. The van der Waals surface area contributed by atoms with Gasteiger partial charge in [0.15, 0.2) is 0 Å². The van der Waals surface area contributed by atoms with Gasteiger partial charge in [0.05, 0.1) is 23.2 Å². The van der Waals surface area contributed by atoms with Crippen LogP contribution in [-0.2, 0) is 0 Å². The molecule has 0 N–H and O–H groups in total. The van der Waals surface area contributed by atoms with Crippen LogP contribution in [0.1, 0.15) is 1.43 Å². The molecule has 0 radical (unpaired) electrons. The maximum Gasteiger partial charge on any atom is 1.00 e. The standard InChI is InChI=1S/C3HCl2N3O3.Na.H/c4-2-6(9)1-7(10)3(5)8(2)11;;/h1H;;/q;+1;-1. The van der Waals surface area contributed by atoms with E-state index in [9.17, 15) is 15.6 Å². The molecule has 1 aromatic rings. The Morgan fingerprint density at radius 3 is 1.75 bits per heavy atom. The van der Waals surface area contributed by atoms with Crippen molar-refractivity contribution in [3.63, 3.8) is 0 Å². The molecule has 62 valence electrons. The zero-order valence-corrected chi connectivity index (χ0v) is 9.41. The van der Waals surface area contributed by atoms with Crippen LogP contribution in [0, 0.1) is 15.6 Å². The Morgan fingerprint density at radius 1 is 1.08 bits per heavy atom. The van der Waals surface area contributed by atoms with Gasteiger partial charge in [0, 0.05) is 0 Å². The SMILES string of the molecule is [H-].[Na+].[O-][n+]1c[n+]([O-])c(Cl)[n+]([O-])c1Cl. The van der Waals surface area contributed by atoms with Gasteiger partial charge in [-0.3, -0.25) is 0 Å². The molecule has 6 nitrogen and oxygen atoms in total. The molecule has 12 heavy (non-hydrogen) atoms. The normalized spacial score (nSPS) is 9.17. The van der Waals surface area contributed by atoms with Gasteiger partial charge in [0.1, 0.15) is 0 Å².